The molecule has 0 aliphatic carbocycles. The molecule has 1 aliphatic rings. The third-order valence-electron chi connectivity index (χ3n) is 2.88. The topological polar surface area (TPSA) is 135 Å². The molecule has 0 aromatic heterocycles. The van der Waals surface area contributed by atoms with Gasteiger partial charge in [0.15, 0.2) is 5.25 Å². The molecular weight excluding hydrogens is 341 g/mol. The van der Waals surface area contributed by atoms with Gasteiger partial charge in [-0.05, 0) is 12.1 Å². The molecule has 117 valence electrons. The fraction of sp³-hybridized carbons (Fsp3) is 0.167. The maximum absolute atomic E-state index is 11.8. The van der Waals surface area contributed by atoms with Gasteiger partial charge >= 0.3 is 5.97 Å². The first-order valence-corrected chi connectivity index (χ1v) is 7.35. The number of imide groups is 1. The van der Waals surface area contributed by atoms with Crippen molar-refractivity contribution in [3.05, 3.63) is 35.4 Å². The second-order valence-electron chi connectivity index (χ2n) is 4.35. The quantitative estimate of drug-likeness (QED) is 0.323. The Labute approximate surface area is 152 Å². The first-order chi connectivity index (χ1) is 10.2. The van der Waals surface area contributed by atoms with Crippen LogP contribution in [0, 0.1) is 0 Å². The Morgan fingerprint density at radius 1 is 1.26 bits per heavy atom. The Balaban J connectivity index is 0.00000264. The van der Waals surface area contributed by atoms with Gasteiger partial charge in [-0.1, -0.05) is 12.1 Å². The zero-order valence-corrected chi connectivity index (χ0v) is 14.6. The molecule has 1 aromatic rings. The van der Waals surface area contributed by atoms with Crippen molar-refractivity contribution in [1.29, 1.82) is 0 Å². The van der Waals surface area contributed by atoms with Gasteiger partial charge in [0.2, 0.25) is 0 Å². The average Bonchev–Trinajstić information content (AvgIpc) is 2.75. The molecule has 2 amide bonds. The number of hydrogen-bond donors (Lipinski definition) is 1. The van der Waals surface area contributed by atoms with Crippen molar-refractivity contribution in [3.63, 3.8) is 0 Å². The van der Waals surface area contributed by atoms with Gasteiger partial charge in [-0.25, -0.2) is 4.79 Å². The first-order valence-electron chi connectivity index (χ1n) is 5.84. The van der Waals surface area contributed by atoms with Crippen LogP contribution in [0.1, 0.15) is 27.1 Å². The van der Waals surface area contributed by atoms with Crippen molar-refractivity contribution in [3.8, 4) is 0 Å². The van der Waals surface area contributed by atoms with Gasteiger partial charge < -0.3 is 4.84 Å². The van der Waals surface area contributed by atoms with E-state index in [4.69, 9.17) is 4.55 Å². The molecule has 1 saturated heterocycles. The van der Waals surface area contributed by atoms with Crippen LogP contribution in [0.5, 0.6) is 0 Å². The minimum Gasteiger partial charge on any atom is -0.325 e. The number of amides is 2. The number of hydroxylamine groups is 2. The van der Waals surface area contributed by atoms with E-state index in [1.165, 1.54) is 24.3 Å². The smallest absolute Gasteiger partial charge is 0.325 e. The molecule has 9 nitrogen and oxygen atoms in total. The first kappa shape index (κ1) is 19.5. The summed E-state index contributed by atoms with van der Waals surface area (Å²) in [6.07, 6.45) is -0.256. The minimum atomic E-state index is -4.77. The van der Waals surface area contributed by atoms with Crippen molar-refractivity contribution in [1.82, 2.24) is 5.06 Å². The molecule has 1 radical (unpaired) electrons. The van der Waals surface area contributed by atoms with E-state index in [1.807, 2.05) is 0 Å². The van der Waals surface area contributed by atoms with Crippen LogP contribution in [0.15, 0.2) is 24.3 Å². The van der Waals surface area contributed by atoms with E-state index >= 15 is 0 Å². The molecule has 1 fully saturated rings. The minimum absolute atomic E-state index is 0. The second-order valence-corrected chi connectivity index (χ2v) is 5.95. The maximum Gasteiger partial charge on any atom is 0.363 e. The van der Waals surface area contributed by atoms with Crippen molar-refractivity contribution in [2.24, 2.45) is 0 Å². The van der Waals surface area contributed by atoms with Crippen LogP contribution < -0.4 is 0 Å². The molecule has 2 rings (SSSR count). The summed E-state index contributed by atoms with van der Waals surface area (Å²) in [5.41, 5.74) is 0.248. The van der Waals surface area contributed by atoms with Crippen molar-refractivity contribution < 1.29 is 37.0 Å². The van der Waals surface area contributed by atoms with Crippen molar-refractivity contribution in [2.75, 3.05) is 0 Å². The monoisotopic (exact) mass is 350 g/mol. The fourth-order valence-corrected chi connectivity index (χ4v) is 2.45. The number of rotatable bonds is 4. The van der Waals surface area contributed by atoms with Gasteiger partial charge in [0.1, 0.15) is 6.29 Å². The van der Waals surface area contributed by atoms with E-state index in [0.717, 1.165) is 0 Å². The second kappa shape index (κ2) is 7.32. The SMILES string of the molecule is O=Cc1ccc(C(=O)ON2C(=O)CC(S(=O)(=O)O)C2=O)cc1.[Na]. The van der Waals surface area contributed by atoms with E-state index in [0.29, 0.717) is 11.8 Å². The largest absolute Gasteiger partial charge is 0.363 e. The van der Waals surface area contributed by atoms with E-state index < -0.39 is 39.6 Å². The molecule has 0 bridgehead atoms. The Morgan fingerprint density at radius 3 is 2.26 bits per heavy atom. The molecule has 1 N–H and O–H groups in total. The molecule has 1 aliphatic heterocycles. The van der Waals surface area contributed by atoms with Crippen LogP contribution >= 0.6 is 0 Å². The summed E-state index contributed by atoms with van der Waals surface area (Å²) in [7, 11) is -4.77. The zero-order chi connectivity index (χ0) is 16.5. The number of nitrogens with zero attached hydrogens (tertiary/aromatic N) is 1. The van der Waals surface area contributed by atoms with E-state index in [9.17, 15) is 27.6 Å². The van der Waals surface area contributed by atoms with Crippen LogP contribution in [0.4, 0.5) is 0 Å². The number of carbonyl (C=O) groups is 4. The summed E-state index contributed by atoms with van der Waals surface area (Å²) in [5, 5.41) is -1.97. The molecule has 1 heterocycles. The Bertz CT molecular complexity index is 758. The van der Waals surface area contributed by atoms with Gasteiger partial charge in [-0.3, -0.25) is 18.9 Å². The van der Waals surface area contributed by atoms with Crippen LogP contribution in [-0.4, -0.2) is 76.9 Å². The summed E-state index contributed by atoms with van der Waals surface area (Å²) in [6, 6.07) is 5.10. The third kappa shape index (κ3) is 4.24. The van der Waals surface area contributed by atoms with Gasteiger partial charge in [-0.15, -0.1) is 5.06 Å². The molecule has 11 heteroatoms. The Morgan fingerprint density at radius 2 is 1.83 bits per heavy atom. The summed E-state index contributed by atoms with van der Waals surface area (Å²) in [5.74, 6) is -3.49. The Kier molecular flexibility index (Phi) is 6.19. The van der Waals surface area contributed by atoms with Crippen molar-refractivity contribution in [2.45, 2.75) is 11.7 Å². The van der Waals surface area contributed by atoms with Crippen LogP contribution in [0.25, 0.3) is 0 Å². The molecule has 1 unspecified atom stereocenters. The predicted molar refractivity (Wildman–Crippen MR) is 74.8 cm³/mol. The predicted octanol–water partition coefficient (Wildman–Crippen LogP) is -0.795. The number of benzene rings is 1. The van der Waals surface area contributed by atoms with Gasteiger partial charge in [0.25, 0.3) is 21.9 Å². The standard InChI is InChI=1S/C12H9NO8S.Na/c14-6-7-1-3-8(4-2-7)12(17)21-13-10(15)5-9(11(13)16)22(18,19)20;/h1-4,6,9H,5H2,(H,18,19,20);. The molecule has 0 spiro atoms. The summed E-state index contributed by atoms with van der Waals surface area (Å²) in [6.45, 7) is 0. The summed E-state index contributed by atoms with van der Waals surface area (Å²) < 4.78 is 30.7. The average molecular weight is 350 g/mol. The molecule has 0 saturated carbocycles. The zero-order valence-electron chi connectivity index (χ0n) is 11.8. The fourth-order valence-electron chi connectivity index (χ4n) is 1.74. The molecule has 1 atom stereocenters. The Hall–Kier alpha value is -1.59. The summed E-state index contributed by atoms with van der Waals surface area (Å²) >= 11 is 0. The van der Waals surface area contributed by atoms with E-state index in [2.05, 4.69) is 4.84 Å². The van der Waals surface area contributed by atoms with Crippen LogP contribution in [-0.2, 0) is 24.5 Å². The summed E-state index contributed by atoms with van der Waals surface area (Å²) in [4.78, 5) is 50.0. The third-order valence-corrected chi connectivity index (χ3v) is 3.97. The normalized spacial score (nSPS) is 17.6. The number of aldehydes is 1. The van der Waals surface area contributed by atoms with Gasteiger partial charge in [0.05, 0.1) is 12.0 Å². The molecule has 23 heavy (non-hydrogen) atoms. The maximum atomic E-state index is 11.8. The van der Waals surface area contributed by atoms with E-state index in [1.54, 1.807) is 0 Å². The van der Waals surface area contributed by atoms with E-state index in [-0.39, 0.29) is 40.2 Å². The number of hydrogen-bond acceptors (Lipinski definition) is 7. The number of carbonyl (C=O) groups excluding carboxylic acids is 4. The van der Waals surface area contributed by atoms with Crippen LogP contribution in [0.3, 0.4) is 0 Å². The van der Waals surface area contributed by atoms with Crippen LogP contribution in [0.2, 0.25) is 0 Å². The molecule has 1 aromatic carbocycles. The van der Waals surface area contributed by atoms with Crippen molar-refractivity contribution >= 4 is 63.7 Å². The van der Waals surface area contributed by atoms with Gasteiger partial charge in [0, 0.05) is 35.1 Å². The van der Waals surface area contributed by atoms with Gasteiger partial charge in [-0.2, -0.15) is 8.42 Å². The molecular formula is C12H9NNaO8S.